The topological polar surface area (TPSA) is 65.1 Å². The second-order valence-electron chi connectivity index (χ2n) is 4.76. The number of ether oxygens (including phenoxy) is 1. The minimum absolute atomic E-state index is 0.0205. The normalized spacial score (nSPS) is 12.4. The van der Waals surface area contributed by atoms with Crippen molar-refractivity contribution in [2.45, 2.75) is 31.3 Å². The first-order valence-electron chi connectivity index (χ1n) is 6.94. The van der Waals surface area contributed by atoms with Crippen molar-refractivity contribution in [1.82, 2.24) is 15.2 Å². The van der Waals surface area contributed by atoms with Crippen molar-refractivity contribution in [1.29, 1.82) is 0 Å². The number of nitrogens with zero attached hydrogens (tertiary/aromatic N) is 2. The van der Waals surface area contributed by atoms with Crippen LogP contribution in [0.15, 0.2) is 35.4 Å². The predicted molar refractivity (Wildman–Crippen MR) is 86.4 cm³/mol. The zero-order valence-corrected chi connectivity index (χ0v) is 13.5. The number of aryl methyl sites for hydroxylation is 2. The molecule has 1 heterocycles. The highest BCUT2D eigenvalue weighted by molar-refractivity contribution is 7.99. The van der Waals surface area contributed by atoms with Crippen LogP contribution in [0.4, 0.5) is 0 Å². The van der Waals surface area contributed by atoms with Gasteiger partial charge in [0.25, 0.3) is 0 Å². The average Bonchev–Trinajstić information content (AvgIpc) is 2.91. The van der Waals surface area contributed by atoms with Crippen LogP contribution in [-0.4, -0.2) is 22.6 Å². The summed E-state index contributed by atoms with van der Waals surface area (Å²) >= 11 is 1.76. The number of aromatic nitrogens is 2. The number of hydrazine groups is 1. The van der Waals surface area contributed by atoms with Crippen molar-refractivity contribution in [3.63, 3.8) is 0 Å². The van der Waals surface area contributed by atoms with Crippen molar-refractivity contribution in [2.75, 3.05) is 12.9 Å². The molecule has 2 rings (SSSR count). The molecule has 1 aromatic carbocycles. The van der Waals surface area contributed by atoms with Gasteiger partial charge in [-0.15, -0.1) is 11.8 Å². The fraction of sp³-hybridized carbons (Fsp3) is 0.400. The quantitative estimate of drug-likeness (QED) is 0.467. The highest BCUT2D eigenvalue weighted by Crippen LogP contribution is 2.30. The summed E-state index contributed by atoms with van der Waals surface area (Å²) in [5.74, 6) is 7.32. The number of thioether (sulfide) groups is 1. The van der Waals surface area contributed by atoms with Gasteiger partial charge in [-0.2, -0.15) is 5.10 Å². The van der Waals surface area contributed by atoms with Gasteiger partial charge in [0.15, 0.2) is 5.75 Å². The Morgan fingerprint density at radius 2 is 2.29 bits per heavy atom. The second-order valence-corrected chi connectivity index (χ2v) is 5.85. The summed E-state index contributed by atoms with van der Waals surface area (Å²) in [6.45, 7) is 4.93. The number of nitrogens with two attached hydrogens (primary N) is 1. The zero-order chi connectivity index (χ0) is 15.2. The van der Waals surface area contributed by atoms with E-state index in [1.165, 1.54) is 10.5 Å². The first-order valence-corrected chi connectivity index (χ1v) is 7.93. The third kappa shape index (κ3) is 3.78. The lowest BCUT2D eigenvalue weighted by molar-refractivity contribution is 0.397. The summed E-state index contributed by atoms with van der Waals surface area (Å²) < 4.78 is 7.31. The summed E-state index contributed by atoms with van der Waals surface area (Å²) in [6.07, 6.45) is 1.74. The first kappa shape index (κ1) is 15.9. The van der Waals surface area contributed by atoms with E-state index in [0.717, 1.165) is 23.7 Å². The largest absolute Gasteiger partial charge is 0.493 e. The third-order valence-electron chi connectivity index (χ3n) is 3.30. The monoisotopic (exact) mass is 306 g/mol. The zero-order valence-electron chi connectivity index (χ0n) is 12.7. The van der Waals surface area contributed by atoms with Gasteiger partial charge >= 0.3 is 0 Å². The third-order valence-corrected chi connectivity index (χ3v) is 4.39. The highest BCUT2D eigenvalue weighted by atomic mass is 32.2. The number of nitrogens with one attached hydrogen (secondary N) is 1. The van der Waals surface area contributed by atoms with Gasteiger partial charge in [-0.25, -0.2) is 0 Å². The minimum atomic E-state index is -0.0205. The Bertz CT molecular complexity index is 563. The number of rotatable bonds is 7. The van der Waals surface area contributed by atoms with Gasteiger partial charge in [-0.05, 0) is 26.0 Å². The maximum atomic E-state index is 5.75. The van der Waals surface area contributed by atoms with E-state index >= 15 is 0 Å². The van der Waals surface area contributed by atoms with Gasteiger partial charge < -0.3 is 4.74 Å². The number of methoxy groups -OCH3 is 1. The number of benzene rings is 1. The number of hydrogen-bond acceptors (Lipinski definition) is 5. The summed E-state index contributed by atoms with van der Waals surface area (Å²) in [6, 6.07) is 8.43. The maximum absolute atomic E-state index is 5.75. The second kappa shape index (κ2) is 7.49. The van der Waals surface area contributed by atoms with Crippen LogP contribution in [0.2, 0.25) is 0 Å². The standard InChI is InChI=1S/C15H22N4OS/c1-4-19-15(14(20-3)9-17-19)13(18-16)10-21-12-7-5-6-11(2)8-12/h5-9,13,18H,4,10,16H2,1-3H3. The molecule has 0 saturated carbocycles. The van der Waals surface area contributed by atoms with Crippen molar-refractivity contribution in [3.05, 3.63) is 41.7 Å². The van der Waals surface area contributed by atoms with Crippen molar-refractivity contribution < 1.29 is 4.74 Å². The van der Waals surface area contributed by atoms with Crippen molar-refractivity contribution in [3.8, 4) is 5.75 Å². The Morgan fingerprint density at radius 3 is 2.90 bits per heavy atom. The van der Waals surface area contributed by atoms with Crippen LogP contribution in [0.3, 0.4) is 0 Å². The molecule has 0 saturated heterocycles. The molecule has 0 bridgehead atoms. The Kier molecular flexibility index (Phi) is 5.67. The lowest BCUT2D eigenvalue weighted by Crippen LogP contribution is -2.31. The predicted octanol–water partition coefficient (Wildman–Crippen LogP) is 2.52. The first-order chi connectivity index (χ1) is 10.2. The molecule has 2 aromatic rings. The molecule has 21 heavy (non-hydrogen) atoms. The Balaban J connectivity index is 2.15. The molecule has 0 spiro atoms. The van der Waals surface area contributed by atoms with Crippen LogP contribution in [0.1, 0.15) is 24.2 Å². The van der Waals surface area contributed by atoms with E-state index in [9.17, 15) is 0 Å². The molecule has 0 fully saturated rings. The van der Waals surface area contributed by atoms with Crippen LogP contribution in [0.25, 0.3) is 0 Å². The molecule has 1 unspecified atom stereocenters. The molecular formula is C15H22N4OS. The summed E-state index contributed by atoms with van der Waals surface area (Å²) in [7, 11) is 1.65. The van der Waals surface area contributed by atoms with E-state index in [4.69, 9.17) is 10.6 Å². The van der Waals surface area contributed by atoms with Gasteiger partial charge in [-0.3, -0.25) is 16.0 Å². The van der Waals surface area contributed by atoms with Gasteiger partial charge in [0.1, 0.15) is 0 Å². The van der Waals surface area contributed by atoms with E-state index in [1.54, 1.807) is 25.1 Å². The van der Waals surface area contributed by atoms with Crippen LogP contribution in [0.5, 0.6) is 5.75 Å². The van der Waals surface area contributed by atoms with Crippen LogP contribution in [0, 0.1) is 6.92 Å². The fourth-order valence-corrected chi connectivity index (χ4v) is 3.29. The summed E-state index contributed by atoms with van der Waals surface area (Å²) in [4.78, 5) is 1.23. The molecule has 3 N–H and O–H groups in total. The van der Waals surface area contributed by atoms with Crippen LogP contribution < -0.4 is 16.0 Å². The molecule has 0 aliphatic carbocycles. The molecule has 114 valence electrons. The molecule has 1 atom stereocenters. The lowest BCUT2D eigenvalue weighted by atomic mass is 10.2. The molecule has 6 heteroatoms. The van der Waals surface area contributed by atoms with Gasteiger partial charge in [0.2, 0.25) is 0 Å². The molecule has 0 amide bonds. The average molecular weight is 306 g/mol. The molecule has 0 aliphatic heterocycles. The van der Waals surface area contributed by atoms with Crippen LogP contribution in [-0.2, 0) is 6.54 Å². The number of hydrogen-bond donors (Lipinski definition) is 2. The van der Waals surface area contributed by atoms with Gasteiger partial charge in [0.05, 0.1) is 25.0 Å². The van der Waals surface area contributed by atoms with Gasteiger partial charge in [0, 0.05) is 17.2 Å². The fourth-order valence-electron chi connectivity index (χ4n) is 2.23. The highest BCUT2D eigenvalue weighted by Gasteiger charge is 2.20. The maximum Gasteiger partial charge on any atom is 0.161 e. The molecular weight excluding hydrogens is 284 g/mol. The van der Waals surface area contributed by atoms with E-state index in [-0.39, 0.29) is 6.04 Å². The summed E-state index contributed by atoms with van der Waals surface area (Å²) in [5, 5.41) is 4.33. The summed E-state index contributed by atoms with van der Waals surface area (Å²) in [5.41, 5.74) is 5.12. The van der Waals surface area contributed by atoms with Crippen molar-refractivity contribution in [2.24, 2.45) is 5.84 Å². The molecule has 0 radical (unpaired) electrons. The van der Waals surface area contributed by atoms with Gasteiger partial charge in [-0.1, -0.05) is 17.7 Å². The van der Waals surface area contributed by atoms with Crippen LogP contribution >= 0.6 is 11.8 Å². The van der Waals surface area contributed by atoms with E-state index in [1.807, 2.05) is 4.68 Å². The lowest BCUT2D eigenvalue weighted by Gasteiger charge is -2.18. The molecule has 5 nitrogen and oxygen atoms in total. The smallest absolute Gasteiger partial charge is 0.161 e. The van der Waals surface area contributed by atoms with E-state index < -0.39 is 0 Å². The minimum Gasteiger partial charge on any atom is -0.493 e. The Hall–Kier alpha value is -1.50. The Morgan fingerprint density at radius 1 is 1.48 bits per heavy atom. The molecule has 0 aliphatic rings. The Labute approximate surface area is 129 Å². The van der Waals surface area contributed by atoms with E-state index in [0.29, 0.717) is 0 Å². The molecule has 1 aromatic heterocycles. The van der Waals surface area contributed by atoms with Crippen molar-refractivity contribution >= 4 is 11.8 Å². The van der Waals surface area contributed by atoms with E-state index in [2.05, 4.69) is 48.6 Å². The SMILES string of the molecule is CCn1ncc(OC)c1C(CSc1cccc(C)c1)NN.